The summed E-state index contributed by atoms with van der Waals surface area (Å²) < 4.78 is 42.4. The lowest BCUT2D eigenvalue weighted by Crippen LogP contribution is -2.35. The number of nitrogens with one attached hydrogen (secondary N) is 3. The summed E-state index contributed by atoms with van der Waals surface area (Å²) >= 11 is 0. The molecule has 12 nitrogen and oxygen atoms in total. The highest BCUT2D eigenvalue weighted by Crippen LogP contribution is 2.49. The summed E-state index contributed by atoms with van der Waals surface area (Å²) in [6.07, 6.45) is 3.03. The third-order valence-electron chi connectivity index (χ3n) is 7.63. The van der Waals surface area contributed by atoms with Gasteiger partial charge in [-0.25, -0.2) is 14.4 Å². The Bertz CT molecular complexity index is 1700. The highest BCUT2D eigenvalue weighted by molar-refractivity contribution is 6.16. The monoisotopic (exact) mass is 631 g/mol. The molecular formula is C33H34FN5O7. The van der Waals surface area contributed by atoms with Crippen molar-refractivity contribution in [2.45, 2.75) is 19.3 Å². The van der Waals surface area contributed by atoms with Crippen LogP contribution in [0.5, 0.6) is 28.9 Å². The molecule has 0 radical (unpaired) electrons. The molecule has 240 valence electrons. The normalized spacial score (nSPS) is 14.4. The molecule has 3 aromatic carbocycles. The third kappa shape index (κ3) is 6.95. The Morgan fingerprint density at radius 2 is 1.57 bits per heavy atom. The predicted molar refractivity (Wildman–Crippen MR) is 167 cm³/mol. The molecule has 13 heteroatoms. The van der Waals surface area contributed by atoms with Crippen LogP contribution in [0.15, 0.2) is 60.9 Å². The molecule has 1 fully saturated rings. The van der Waals surface area contributed by atoms with Crippen LogP contribution in [0, 0.1) is 11.2 Å². The smallest absolute Gasteiger partial charge is 0.240 e. The van der Waals surface area contributed by atoms with Gasteiger partial charge in [0.05, 0.1) is 18.7 Å². The van der Waals surface area contributed by atoms with Gasteiger partial charge in [-0.3, -0.25) is 9.59 Å². The van der Waals surface area contributed by atoms with Crippen molar-refractivity contribution in [3.63, 3.8) is 0 Å². The zero-order chi connectivity index (χ0) is 31.9. The highest BCUT2D eigenvalue weighted by atomic mass is 19.1. The first-order valence-corrected chi connectivity index (χ1v) is 15.0. The first-order valence-electron chi connectivity index (χ1n) is 15.0. The van der Waals surface area contributed by atoms with Crippen LogP contribution in [0.3, 0.4) is 0 Å². The highest BCUT2D eigenvalue weighted by Gasteiger charge is 2.56. The number of benzene rings is 3. The molecule has 4 aromatic rings. The number of methoxy groups -OCH3 is 1. The van der Waals surface area contributed by atoms with E-state index in [2.05, 4.69) is 25.9 Å². The van der Waals surface area contributed by atoms with Crippen molar-refractivity contribution in [3.05, 3.63) is 66.7 Å². The maximum atomic E-state index is 13.2. The summed E-state index contributed by atoms with van der Waals surface area (Å²) in [5.41, 5.74) is 0.317. The second kappa shape index (κ2) is 14.0. The molecule has 46 heavy (non-hydrogen) atoms. The lowest BCUT2D eigenvalue weighted by atomic mass is 10.0. The van der Waals surface area contributed by atoms with Crippen molar-refractivity contribution in [2.24, 2.45) is 5.41 Å². The number of nitrogens with zero attached hydrogens (tertiary/aromatic N) is 2. The van der Waals surface area contributed by atoms with Gasteiger partial charge in [-0.2, -0.15) is 0 Å². The maximum Gasteiger partial charge on any atom is 0.240 e. The van der Waals surface area contributed by atoms with Gasteiger partial charge in [0.25, 0.3) is 0 Å². The Kier molecular flexibility index (Phi) is 9.41. The van der Waals surface area contributed by atoms with Crippen LogP contribution in [-0.2, 0) is 14.3 Å². The Labute approximate surface area is 264 Å². The first kappa shape index (κ1) is 31.0. The topological polar surface area (TPSA) is 142 Å². The van der Waals surface area contributed by atoms with Crippen LogP contribution >= 0.6 is 0 Å². The Morgan fingerprint density at radius 3 is 2.24 bits per heavy atom. The number of carbonyl (C=O) groups is 2. The van der Waals surface area contributed by atoms with E-state index in [0.717, 1.165) is 19.5 Å². The van der Waals surface area contributed by atoms with Gasteiger partial charge in [0.1, 0.15) is 41.9 Å². The van der Waals surface area contributed by atoms with E-state index in [1.807, 2.05) is 0 Å². The Morgan fingerprint density at radius 1 is 0.891 bits per heavy atom. The molecule has 1 saturated carbocycles. The first-order chi connectivity index (χ1) is 22.5. The van der Waals surface area contributed by atoms with E-state index in [4.69, 9.17) is 23.7 Å². The van der Waals surface area contributed by atoms with Crippen molar-refractivity contribution in [1.82, 2.24) is 15.3 Å². The van der Waals surface area contributed by atoms with Crippen molar-refractivity contribution in [2.75, 3.05) is 57.3 Å². The lowest BCUT2D eigenvalue weighted by Gasteiger charge is -2.23. The third-order valence-corrected chi connectivity index (χ3v) is 7.63. The molecule has 2 amide bonds. The number of hydrogen-bond acceptors (Lipinski definition) is 10. The van der Waals surface area contributed by atoms with E-state index in [1.54, 1.807) is 37.4 Å². The number of amides is 2. The van der Waals surface area contributed by atoms with Crippen LogP contribution in [0.2, 0.25) is 0 Å². The number of ether oxygens (including phenoxy) is 5. The standard InChI is InChI=1S/C33H34FN5O7/c1-42-16-14-35-13-2-15-43-26-19-25-27(29-28(26)44-17-18-45-29)30(37-20-36-25)46-24-9-7-23(8-10-24)39-32(41)33(11-12-33)31(40)38-22-5-3-21(34)4-6-22/h3-10,19-20,35H,2,11-18H2,1H3,(H,38,40)(H,39,41). The lowest BCUT2D eigenvalue weighted by molar-refractivity contribution is -0.131. The maximum absolute atomic E-state index is 13.2. The van der Waals surface area contributed by atoms with Crippen molar-refractivity contribution >= 4 is 34.1 Å². The van der Waals surface area contributed by atoms with Crippen LogP contribution in [-0.4, -0.2) is 68.4 Å². The van der Waals surface area contributed by atoms with Gasteiger partial charge in [-0.15, -0.1) is 0 Å². The SMILES string of the molecule is COCCNCCCOc1cc2ncnc(Oc3ccc(NC(=O)C4(C(=O)Nc5ccc(F)cc5)CC4)cc3)c2c2c1OCCO2. The average Bonchev–Trinajstić information content (AvgIpc) is 3.89. The zero-order valence-electron chi connectivity index (χ0n) is 25.3. The van der Waals surface area contributed by atoms with Crippen LogP contribution in [0.4, 0.5) is 15.8 Å². The summed E-state index contributed by atoms with van der Waals surface area (Å²) in [6, 6.07) is 13.9. The van der Waals surface area contributed by atoms with Gasteiger partial charge >= 0.3 is 0 Å². The molecular weight excluding hydrogens is 597 g/mol. The van der Waals surface area contributed by atoms with Gasteiger partial charge in [0.2, 0.25) is 23.4 Å². The molecule has 0 saturated heterocycles. The number of halogens is 1. The molecule has 3 N–H and O–H groups in total. The van der Waals surface area contributed by atoms with E-state index in [-0.39, 0.29) is 5.88 Å². The van der Waals surface area contributed by atoms with Gasteiger partial charge in [0, 0.05) is 31.1 Å². The molecule has 0 spiro atoms. The number of carbonyl (C=O) groups excluding carboxylic acids is 2. The van der Waals surface area contributed by atoms with E-state index in [9.17, 15) is 14.0 Å². The minimum Gasteiger partial charge on any atom is -0.489 e. The van der Waals surface area contributed by atoms with E-state index in [0.29, 0.717) is 84.5 Å². The zero-order valence-corrected chi connectivity index (χ0v) is 25.3. The molecule has 1 aromatic heterocycles. The van der Waals surface area contributed by atoms with E-state index < -0.39 is 23.0 Å². The fraction of sp³-hybridized carbons (Fsp3) is 0.333. The molecule has 2 heterocycles. The number of aromatic nitrogens is 2. The van der Waals surface area contributed by atoms with Gasteiger partial charge in [-0.1, -0.05) is 0 Å². The van der Waals surface area contributed by atoms with Gasteiger partial charge < -0.3 is 39.6 Å². The summed E-state index contributed by atoms with van der Waals surface area (Å²) in [7, 11) is 1.67. The molecule has 0 bridgehead atoms. The van der Waals surface area contributed by atoms with Crippen LogP contribution < -0.4 is 34.9 Å². The number of rotatable bonds is 14. The molecule has 6 rings (SSSR count). The van der Waals surface area contributed by atoms with Crippen molar-refractivity contribution in [3.8, 4) is 28.9 Å². The second-order valence-corrected chi connectivity index (χ2v) is 10.9. The minimum atomic E-state index is -1.17. The summed E-state index contributed by atoms with van der Waals surface area (Å²) in [5, 5.41) is 9.36. The van der Waals surface area contributed by atoms with Crippen LogP contribution in [0.1, 0.15) is 19.3 Å². The number of hydrogen-bond donors (Lipinski definition) is 3. The minimum absolute atomic E-state index is 0.270. The Balaban J connectivity index is 1.12. The Hall–Kier alpha value is -5.01. The van der Waals surface area contributed by atoms with Crippen LogP contribution in [0.25, 0.3) is 10.9 Å². The summed E-state index contributed by atoms with van der Waals surface area (Å²) in [4.78, 5) is 34.7. The summed E-state index contributed by atoms with van der Waals surface area (Å²) in [5.74, 6) is 0.936. The van der Waals surface area contributed by atoms with E-state index in [1.165, 1.54) is 30.6 Å². The average molecular weight is 632 g/mol. The van der Waals surface area contributed by atoms with E-state index >= 15 is 0 Å². The fourth-order valence-corrected chi connectivity index (χ4v) is 4.98. The second-order valence-electron chi connectivity index (χ2n) is 10.9. The van der Waals surface area contributed by atoms with Crippen molar-refractivity contribution in [1.29, 1.82) is 0 Å². The fourth-order valence-electron chi connectivity index (χ4n) is 4.98. The number of fused-ring (bicyclic) bond motifs is 3. The van der Waals surface area contributed by atoms with Crippen molar-refractivity contribution < 1.29 is 37.7 Å². The number of anilines is 2. The molecule has 0 unspecified atom stereocenters. The molecule has 1 aliphatic heterocycles. The molecule has 2 aliphatic rings. The van der Waals surface area contributed by atoms with Gasteiger partial charge in [-0.05, 0) is 74.3 Å². The quantitative estimate of drug-likeness (QED) is 0.133. The largest absolute Gasteiger partial charge is 0.489 e. The van der Waals surface area contributed by atoms with Gasteiger partial charge in [0.15, 0.2) is 11.5 Å². The summed E-state index contributed by atoms with van der Waals surface area (Å²) in [6.45, 7) is 3.40. The molecule has 0 atom stereocenters. The molecule has 1 aliphatic carbocycles. The predicted octanol–water partition coefficient (Wildman–Crippen LogP) is 4.69.